The number of ether oxygens (including phenoxy) is 1. The number of hydrogen-bond acceptors (Lipinski definition) is 5. The number of anilines is 1. The predicted octanol–water partition coefficient (Wildman–Crippen LogP) is 4.67. The van der Waals surface area contributed by atoms with Gasteiger partial charge in [-0.3, -0.25) is 4.79 Å². The van der Waals surface area contributed by atoms with Crippen molar-refractivity contribution in [2.75, 3.05) is 11.9 Å². The Labute approximate surface area is 203 Å². The summed E-state index contributed by atoms with van der Waals surface area (Å²) < 4.78 is 5.59. The molecule has 1 atom stereocenters. The molecule has 3 N–H and O–H groups in total. The number of aromatic carboxylic acids is 1. The van der Waals surface area contributed by atoms with Crippen LogP contribution in [0.1, 0.15) is 47.8 Å². The van der Waals surface area contributed by atoms with Gasteiger partial charge in [0.15, 0.2) is 0 Å². The Morgan fingerprint density at radius 1 is 0.971 bits per heavy atom. The molecule has 1 heterocycles. The number of rotatable bonds is 8. The summed E-state index contributed by atoms with van der Waals surface area (Å²) >= 11 is 0. The summed E-state index contributed by atoms with van der Waals surface area (Å²) in [4.78, 5) is 40.3. The smallest absolute Gasteiger partial charge is 0.407 e. The SMILES string of the molecule is CC(C)C[C@@H](NC(=O)OCC1c2ccccc2-c2ccccc21)C(=O)Nc1ccc(C(=O)O)nc1. The van der Waals surface area contributed by atoms with Crippen molar-refractivity contribution in [3.8, 4) is 11.1 Å². The molecule has 2 aromatic carbocycles. The summed E-state index contributed by atoms with van der Waals surface area (Å²) in [6, 6.07) is 18.1. The molecule has 1 aromatic heterocycles. The van der Waals surface area contributed by atoms with Gasteiger partial charge in [-0.05, 0) is 46.7 Å². The number of carbonyl (C=O) groups excluding carboxylic acids is 2. The summed E-state index contributed by atoms with van der Waals surface area (Å²) in [5, 5.41) is 14.3. The van der Waals surface area contributed by atoms with E-state index in [0.29, 0.717) is 12.1 Å². The van der Waals surface area contributed by atoms with Crippen LogP contribution in [0.4, 0.5) is 10.5 Å². The van der Waals surface area contributed by atoms with Crippen molar-refractivity contribution in [1.29, 1.82) is 0 Å². The summed E-state index contributed by atoms with van der Waals surface area (Å²) in [6.45, 7) is 4.04. The van der Waals surface area contributed by atoms with Gasteiger partial charge < -0.3 is 20.5 Å². The number of alkyl carbamates (subject to hydrolysis) is 1. The van der Waals surface area contributed by atoms with Crippen LogP contribution in [0.2, 0.25) is 0 Å². The van der Waals surface area contributed by atoms with E-state index in [1.807, 2.05) is 50.2 Å². The lowest BCUT2D eigenvalue weighted by molar-refractivity contribution is -0.118. The number of carbonyl (C=O) groups is 3. The Hall–Kier alpha value is -4.20. The van der Waals surface area contributed by atoms with Crippen molar-refractivity contribution in [3.05, 3.63) is 83.7 Å². The van der Waals surface area contributed by atoms with E-state index >= 15 is 0 Å². The third-order valence-electron chi connectivity index (χ3n) is 5.91. The third-order valence-corrected chi connectivity index (χ3v) is 5.91. The lowest BCUT2D eigenvalue weighted by atomic mass is 9.98. The standard InChI is InChI=1S/C27H27N3O5/c1-16(2)13-24(25(31)29-17-11-12-23(26(32)33)28-14-17)30-27(34)35-15-22-20-9-5-3-7-18(20)19-8-4-6-10-21(19)22/h3-12,14,16,22,24H,13,15H2,1-2H3,(H,29,31)(H,30,34)(H,32,33)/t24-/m1/s1. The topological polar surface area (TPSA) is 118 Å². The third kappa shape index (κ3) is 5.48. The highest BCUT2D eigenvalue weighted by molar-refractivity contribution is 5.96. The number of nitrogens with one attached hydrogen (secondary N) is 2. The summed E-state index contributed by atoms with van der Waals surface area (Å²) in [5.74, 6) is -1.54. The highest BCUT2D eigenvalue weighted by Gasteiger charge is 2.30. The molecule has 0 bridgehead atoms. The molecule has 1 aliphatic rings. The Morgan fingerprint density at radius 3 is 2.14 bits per heavy atom. The van der Waals surface area contributed by atoms with E-state index in [1.165, 1.54) is 18.3 Å². The van der Waals surface area contributed by atoms with Gasteiger partial charge in [-0.1, -0.05) is 62.4 Å². The zero-order valence-electron chi connectivity index (χ0n) is 19.5. The minimum Gasteiger partial charge on any atom is -0.477 e. The molecule has 0 radical (unpaired) electrons. The Bertz CT molecular complexity index is 1190. The molecule has 2 amide bonds. The van der Waals surface area contributed by atoms with Crippen LogP contribution >= 0.6 is 0 Å². The summed E-state index contributed by atoms with van der Waals surface area (Å²) in [6.07, 6.45) is 0.990. The lowest BCUT2D eigenvalue weighted by Crippen LogP contribution is -2.45. The van der Waals surface area contributed by atoms with Crippen LogP contribution in [0.15, 0.2) is 66.9 Å². The number of carboxylic acid groups (broad SMARTS) is 1. The molecular weight excluding hydrogens is 446 g/mol. The predicted molar refractivity (Wildman–Crippen MR) is 131 cm³/mol. The molecule has 35 heavy (non-hydrogen) atoms. The van der Waals surface area contributed by atoms with E-state index in [-0.39, 0.29) is 24.1 Å². The van der Waals surface area contributed by atoms with E-state index in [4.69, 9.17) is 9.84 Å². The number of aromatic nitrogens is 1. The van der Waals surface area contributed by atoms with E-state index in [2.05, 4.69) is 27.8 Å². The molecule has 0 saturated carbocycles. The van der Waals surface area contributed by atoms with Gasteiger partial charge in [-0.25, -0.2) is 14.6 Å². The van der Waals surface area contributed by atoms with Gasteiger partial charge in [0.05, 0.1) is 11.9 Å². The van der Waals surface area contributed by atoms with Crippen LogP contribution in [-0.2, 0) is 9.53 Å². The molecule has 8 heteroatoms. The second-order valence-corrected chi connectivity index (χ2v) is 8.88. The van der Waals surface area contributed by atoms with E-state index in [0.717, 1.165) is 22.3 Å². The fraction of sp³-hybridized carbons (Fsp3) is 0.259. The zero-order valence-corrected chi connectivity index (χ0v) is 19.5. The van der Waals surface area contributed by atoms with Crippen molar-refractivity contribution in [1.82, 2.24) is 10.3 Å². The van der Waals surface area contributed by atoms with Crippen LogP contribution in [0.3, 0.4) is 0 Å². The van der Waals surface area contributed by atoms with E-state index < -0.39 is 24.0 Å². The molecule has 8 nitrogen and oxygen atoms in total. The van der Waals surface area contributed by atoms with Crippen LogP contribution in [0.25, 0.3) is 11.1 Å². The molecule has 180 valence electrons. The van der Waals surface area contributed by atoms with Crippen LogP contribution in [-0.4, -0.2) is 40.7 Å². The number of benzene rings is 2. The van der Waals surface area contributed by atoms with E-state index in [1.54, 1.807) is 0 Å². The number of amides is 2. The van der Waals surface area contributed by atoms with Crippen molar-refractivity contribution in [2.24, 2.45) is 5.92 Å². The van der Waals surface area contributed by atoms with Crippen molar-refractivity contribution < 1.29 is 24.2 Å². The molecule has 0 spiro atoms. The first-order chi connectivity index (χ1) is 16.8. The van der Waals surface area contributed by atoms with Gasteiger partial charge in [0, 0.05) is 5.92 Å². The first-order valence-electron chi connectivity index (χ1n) is 11.4. The number of carboxylic acids is 1. The van der Waals surface area contributed by atoms with Crippen LogP contribution in [0.5, 0.6) is 0 Å². The van der Waals surface area contributed by atoms with Crippen LogP contribution < -0.4 is 10.6 Å². The molecule has 0 unspecified atom stereocenters. The molecular formula is C27H27N3O5. The Balaban J connectivity index is 1.41. The fourth-order valence-corrected chi connectivity index (χ4v) is 4.31. The maximum Gasteiger partial charge on any atom is 0.407 e. The Morgan fingerprint density at radius 2 is 1.60 bits per heavy atom. The molecule has 0 fully saturated rings. The number of hydrogen-bond donors (Lipinski definition) is 3. The van der Waals surface area contributed by atoms with Gasteiger partial charge in [-0.15, -0.1) is 0 Å². The first-order valence-corrected chi connectivity index (χ1v) is 11.4. The summed E-state index contributed by atoms with van der Waals surface area (Å²) in [7, 11) is 0. The highest BCUT2D eigenvalue weighted by atomic mass is 16.5. The second-order valence-electron chi connectivity index (χ2n) is 8.88. The van der Waals surface area contributed by atoms with Crippen molar-refractivity contribution in [3.63, 3.8) is 0 Å². The molecule has 4 rings (SSSR count). The molecule has 1 aliphatic carbocycles. The first kappa shape index (κ1) is 23.9. The van der Waals surface area contributed by atoms with Gasteiger partial charge in [-0.2, -0.15) is 0 Å². The molecule has 3 aromatic rings. The maximum absolute atomic E-state index is 12.9. The number of nitrogens with zero attached hydrogens (tertiary/aromatic N) is 1. The largest absolute Gasteiger partial charge is 0.477 e. The van der Waals surface area contributed by atoms with Crippen molar-refractivity contribution >= 4 is 23.7 Å². The summed E-state index contributed by atoms with van der Waals surface area (Å²) in [5.41, 5.74) is 4.69. The minimum absolute atomic E-state index is 0.0793. The van der Waals surface area contributed by atoms with Crippen molar-refractivity contribution in [2.45, 2.75) is 32.2 Å². The highest BCUT2D eigenvalue weighted by Crippen LogP contribution is 2.44. The van der Waals surface area contributed by atoms with Gasteiger partial charge in [0.1, 0.15) is 18.3 Å². The average Bonchev–Trinajstić information content (AvgIpc) is 3.16. The Kier molecular flexibility index (Phi) is 7.10. The number of fused-ring (bicyclic) bond motifs is 3. The van der Waals surface area contributed by atoms with Gasteiger partial charge in [0.2, 0.25) is 5.91 Å². The monoisotopic (exact) mass is 473 g/mol. The normalized spacial score (nSPS) is 13.0. The lowest BCUT2D eigenvalue weighted by Gasteiger charge is -2.21. The molecule has 0 aliphatic heterocycles. The second kappa shape index (κ2) is 10.4. The average molecular weight is 474 g/mol. The maximum atomic E-state index is 12.9. The van der Waals surface area contributed by atoms with Crippen LogP contribution in [0, 0.1) is 5.92 Å². The number of pyridine rings is 1. The quantitative estimate of drug-likeness (QED) is 0.438. The fourth-order valence-electron chi connectivity index (χ4n) is 4.31. The van der Waals surface area contributed by atoms with Gasteiger partial charge in [0.25, 0.3) is 0 Å². The minimum atomic E-state index is -1.16. The van der Waals surface area contributed by atoms with E-state index in [9.17, 15) is 14.4 Å². The zero-order chi connectivity index (χ0) is 24.9. The molecule has 0 saturated heterocycles. The van der Waals surface area contributed by atoms with Gasteiger partial charge >= 0.3 is 12.1 Å².